The lowest BCUT2D eigenvalue weighted by atomic mass is 10.1. The minimum atomic E-state index is 0.0662. The van der Waals surface area contributed by atoms with Crippen LogP contribution < -0.4 is 0 Å². The van der Waals surface area contributed by atoms with Crippen molar-refractivity contribution < 1.29 is 9.53 Å². The Hall–Kier alpha value is -1.79. The smallest absolute Gasteiger partial charge is 0.267 e. The van der Waals surface area contributed by atoms with E-state index in [-0.39, 0.29) is 12.0 Å². The molecular formula is C17H19N3O2S. The second kappa shape index (κ2) is 6.37. The van der Waals surface area contributed by atoms with Crippen LogP contribution >= 0.6 is 11.5 Å². The molecule has 5 nitrogen and oxygen atoms in total. The summed E-state index contributed by atoms with van der Waals surface area (Å²) in [5.74, 6) is 0.521. The van der Waals surface area contributed by atoms with Crippen LogP contribution in [0.15, 0.2) is 30.3 Å². The minimum Gasteiger partial charge on any atom is -0.372 e. The molecule has 1 aromatic carbocycles. The summed E-state index contributed by atoms with van der Waals surface area (Å²) < 4.78 is 9.95. The Kier molecular flexibility index (Phi) is 4.10. The normalized spacial score (nSPS) is 21.9. The molecule has 0 radical (unpaired) electrons. The maximum atomic E-state index is 12.8. The van der Waals surface area contributed by atoms with Crippen LogP contribution in [0.3, 0.4) is 0 Å². The molecule has 0 spiro atoms. The molecule has 0 N–H and O–H groups in total. The van der Waals surface area contributed by atoms with Crippen LogP contribution in [0.25, 0.3) is 0 Å². The Balaban J connectivity index is 1.46. The van der Waals surface area contributed by atoms with Gasteiger partial charge < -0.3 is 9.64 Å². The van der Waals surface area contributed by atoms with Crippen LogP contribution in [0.2, 0.25) is 0 Å². The lowest BCUT2D eigenvalue weighted by molar-refractivity contribution is 0.0586. The van der Waals surface area contributed by atoms with Gasteiger partial charge in [-0.05, 0) is 36.4 Å². The molecule has 1 amide bonds. The molecule has 1 atom stereocenters. The van der Waals surface area contributed by atoms with Gasteiger partial charge in [0.25, 0.3) is 5.91 Å². The van der Waals surface area contributed by atoms with Gasteiger partial charge in [0.1, 0.15) is 4.88 Å². The topological polar surface area (TPSA) is 55.3 Å². The van der Waals surface area contributed by atoms with Gasteiger partial charge in [-0.1, -0.05) is 34.8 Å². The zero-order valence-electron chi connectivity index (χ0n) is 12.9. The van der Waals surface area contributed by atoms with Crippen LogP contribution in [0.4, 0.5) is 0 Å². The molecule has 1 saturated carbocycles. The van der Waals surface area contributed by atoms with Crippen molar-refractivity contribution in [3.05, 3.63) is 46.5 Å². The number of hydrogen-bond donors (Lipinski definition) is 0. The lowest BCUT2D eigenvalue weighted by Gasteiger charge is -2.19. The van der Waals surface area contributed by atoms with Crippen molar-refractivity contribution in [1.82, 2.24) is 14.5 Å². The van der Waals surface area contributed by atoms with Gasteiger partial charge in [-0.15, -0.1) is 5.10 Å². The number of rotatable bonds is 3. The molecule has 2 aliphatic rings. The van der Waals surface area contributed by atoms with Crippen molar-refractivity contribution in [2.75, 3.05) is 19.7 Å². The molecule has 2 aromatic rings. The lowest BCUT2D eigenvalue weighted by Crippen LogP contribution is -2.33. The van der Waals surface area contributed by atoms with E-state index < -0.39 is 0 Å². The summed E-state index contributed by atoms with van der Waals surface area (Å²) in [4.78, 5) is 15.4. The van der Waals surface area contributed by atoms with Gasteiger partial charge in [0.05, 0.1) is 18.4 Å². The molecule has 2 heterocycles. The average molecular weight is 329 g/mol. The highest BCUT2D eigenvalue weighted by molar-refractivity contribution is 7.08. The number of hydrogen-bond acceptors (Lipinski definition) is 5. The summed E-state index contributed by atoms with van der Waals surface area (Å²) in [7, 11) is 0. The van der Waals surface area contributed by atoms with Crippen LogP contribution in [0.5, 0.6) is 0 Å². The fourth-order valence-corrected chi connectivity index (χ4v) is 3.74. The highest BCUT2D eigenvalue weighted by Crippen LogP contribution is 2.41. The van der Waals surface area contributed by atoms with Crippen molar-refractivity contribution >= 4 is 17.4 Å². The third kappa shape index (κ3) is 3.14. The summed E-state index contributed by atoms with van der Waals surface area (Å²) in [5, 5.41) is 4.17. The largest absolute Gasteiger partial charge is 0.372 e. The molecule has 0 bridgehead atoms. The molecule has 23 heavy (non-hydrogen) atoms. The van der Waals surface area contributed by atoms with E-state index in [0.717, 1.165) is 29.8 Å². The fraction of sp³-hybridized carbons (Fsp3) is 0.471. The fourth-order valence-electron chi connectivity index (χ4n) is 3.02. The van der Waals surface area contributed by atoms with E-state index in [1.807, 2.05) is 23.1 Å². The summed E-state index contributed by atoms with van der Waals surface area (Å²) in [6.07, 6.45) is 3.15. The summed E-state index contributed by atoms with van der Waals surface area (Å²) in [5.41, 5.74) is 2.09. The molecule has 1 unspecified atom stereocenters. The van der Waals surface area contributed by atoms with Gasteiger partial charge >= 0.3 is 0 Å². The summed E-state index contributed by atoms with van der Waals surface area (Å²) >= 11 is 1.23. The van der Waals surface area contributed by atoms with Gasteiger partial charge in [0.15, 0.2) is 0 Å². The van der Waals surface area contributed by atoms with Gasteiger partial charge in [-0.3, -0.25) is 4.79 Å². The van der Waals surface area contributed by atoms with Crippen molar-refractivity contribution in [3.63, 3.8) is 0 Å². The zero-order valence-corrected chi connectivity index (χ0v) is 13.7. The molecule has 2 fully saturated rings. The first kappa shape index (κ1) is 14.8. The molecule has 1 saturated heterocycles. The molecule has 1 aliphatic carbocycles. The standard InChI is InChI=1S/C17H19N3O2S/c21-17(16-15(13-6-7-13)18-19-23-16)20-9-8-14(22-11-10-20)12-4-2-1-3-5-12/h1-5,13-14H,6-11H2. The summed E-state index contributed by atoms with van der Waals surface area (Å²) in [6, 6.07) is 10.2. The first-order valence-electron chi connectivity index (χ1n) is 8.11. The Bertz CT molecular complexity index is 684. The van der Waals surface area contributed by atoms with Gasteiger partial charge in [-0.2, -0.15) is 0 Å². The number of carbonyl (C=O) groups excluding carboxylic acids is 1. The summed E-state index contributed by atoms with van der Waals surface area (Å²) in [6.45, 7) is 1.90. The second-order valence-electron chi connectivity index (χ2n) is 6.11. The monoisotopic (exact) mass is 329 g/mol. The number of ether oxygens (including phenoxy) is 1. The SMILES string of the molecule is O=C(c1snnc1C1CC1)N1CCOC(c2ccccc2)CC1. The van der Waals surface area contributed by atoms with Crippen LogP contribution in [-0.4, -0.2) is 40.1 Å². The van der Waals surface area contributed by atoms with Crippen molar-refractivity contribution in [2.24, 2.45) is 0 Å². The van der Waals surface area contributed by atoms with E-state index in [9.17, 15) is 4.79 Å². The number of benzene rings is 1. The molecule has 6 heteroatoms. The van der Waals surface area contributed by atoms with E-state index >= 15 is 0 Å². The first-order valence-corrected chi connectivity index (χ1v) is 8.88. The number of carbonyl (C=O) groups is 1. The third-order valence-corrected chi connectivity index (χ3v) is 5.20. The molecule has 1 aliphatic heterocycles. The third-order valence-electron chi connectivity index (χ3n) is 4.47. The van der Waals surface area contributed by atoms with Crippen molar-refractivity contribution in [2.45, 2.75) is 31.3 Å². The maximum absolute atomic E-state index is 12.8. The first-order chi connectivity index (χ1) is 11.3. The molecule has 1 aromatic heterocycles. The van der Waals surface area contributed by atoms with E-state index in [4.69, 9.17) is 4.74 Å². The highest BCUT2D eigenvalue weighted by atomic mass is 32.1. The number of aromatic nitrogens is 2. The Morgan fingerprint density at radius 3 is 2.78 bits per heavy atom. The van der Waals surface area contributed by atoms with E-state index in [0.29, 0.717) is 25.6 Å². The van der Waals surface area contributed by atoms with Gasteiger partial charge in [0, 0.05) is 19.0 Å². The number of nitrogens with zero attached hydrogens (tertiary/aromatic N) is 3. The zero-order chi connectivity index (χ0) is 15.6. The van der Waals surface area contributed by atoms with E-state index in [1.165, 1.54) is 17.1 Å². The maximum Gasteiger partial charge on any atom is 0.267 e. The predicted molar refractivity (Wildman–Crippen MR) is 87.5 cm³/mol. The average Bonchev–Trinajstić information content (AvgIpc) is 3.37. The van der Waals surface area contributed by atoms with Gasteiger partial charge in [-0.25, -0.2) is 0 Å². The van der Waals surface area contributed by atoms with Gasteiger partial charge in [0.2, 0.25) is 0 Å². The minimum absolute atomic E-state index is 0.0662. The van der Waals surface area contributed by atoms with Crippen molar-refractivity contribution in [1.29, 1.82) is 0 Å². The van der Waals surface area contributed by atoms with Crippen LogP contribution in [0, 0.1) is 0 Å². The Labute approximate surface area is 139 Å². The van der Waals surface area contributed by atoms with Crippen LogP contribution in [-0.2, 0) is 4.74 Å². The van der Waals surface area contributed by atoms with E-state index in [1.54, 1.807) is 0 Å². The second-order valence-corrected chi connectivity index (χ2v) is 6.87. The molecule has 4 rings (SSSR count). The highest BCUT2D eigenvalue weighted by Gasteiger charge is 2.33. The van der Waals surface area contributed by atoms with E-state index in [2.05, 4.69) is 21.7 Å². The van der Waals surface area contributed by atoms with Crippen LogP contribution in [0.1, 0.15) is 52.2 Å². The van der Waals surface area contributed by atoms with Crippen molar-refractivity contribution in [3.8, 4) is 0 Å². The quantitative estimate of drug-likeness (QED) is 0.868. The Morgan fingerprint density at radius 2 is 2.00 bits per heavy atom. The number of amides is 1. The molecular weight excluding hydrogens is 310 g/mol. The Morgan fingerprint density at radius 1 is 1.17 bits per heavy atom. The molecule has 120 valence electrons. The predicted octanol–water partition coefficient (Wildman–Crippen LogP) is 3.02.